The predicted molar refractivity (Wildman–Crippen MR) is 115 cm³/mol. The lowest BCUT2D eigenvalue weighted by atomic mass is 9.80. The van der Waals surface area contributed by atoms with Crippen molar-refractivity contribution in [2.75, 3.05) is 6.61 Å². The monoisotopic (exact) mass is 405 g/mol. The lowest BCUT2D eigenvalue weighted by molar-refractivity contribution is -0.148. The first-order valence-corrected chi connectivity index (χ1v) is 10.5. The van der Waals surface area contributed by atoms with Gasteiger partial charge in [-0.05, 0) is 56.0 Å². The molecule has 0 unspecified atom stereocenters. The van der Waals surface area contributed by atoms with Gasteiger partial charge in [-0.3, -0.25) is 4.79 Å². The summed E-state index contributed by atoms with van der Waals surface area (Å²) in [7, 11) is 0. The Bertz CT molecular complexity index is 986. The second kappa shape index (κ2) is 8.74. The van der Waals surface area contributed by atoms with Crippen LogP contribution in [-0.4, -0.2) is 22.7 Å². The fourth-order valence-electron chi connectivity index (χ4n) is 4.24. The minimum atomic E-state index is -0.668. The summed E-state index contributed by atoms with van der Waals surface area (Å²) < 4.78 is 11.7. The molecule has 1 fully saturated rings. The molecule has 3 aromatic rings. The lowest BCUT2D eigenvalue weighted by Gasteiger charge is -2.23. The molecule has 156 valence electrons. The molecule has 1 aliphatic carbocycles. The first-order chi connectivity index (χ1) is 14.6. The Balaban J connectivity index is 1.33. The van der Waals surface area contributed by atoms with Crippen LogP contribution in [0.2, 0.25) is 0 Å². The number of carboxylic acid groups (broad SMARTS) is 1. The number of benzene rings is 2. The number of aromatic nitrogens is 1. The Hall–Kier alpha value is -3.08. The van der Waals surface area contributed by atoms with Gasteiger partial charge in [-0.2, -0.15) is 0 Å². The van der Waals surface area contributed by atoms with E-state index in [1.54, 1.807) is 0 Å². The van der Waals surface area contributed by atoms with Crippen LogP contribution in [0.1, 0.15) is 42.7 Å². The number of rotatable bonds is 8. The fraction of sp³-hybridized carbons (Fsp3) is 0.360. The van der Waals surface area contributed by atoms with Gasteiger partial charge < -0.3 is 14.3 Å². The van der Waals surface area contributed by atoms with Gasteiger partial charge in [0.15, 0.2) is 0 Å². The van der Waals surface area contributed by atoms with Gasteiger partial charge >= 0.3 is 5.97 Å². The topological polar surface area (TPSA) is 72.6 Å². The van der Waals surface area contributed by atoms with Crippen molar-refractivity contribution in [3.8, 4) is 17.2 Å². The highest BCUT2D eigenvalue weighted by Crippen LogP contribution is 2.41. The molecule has 5 nitrogen and oxygen atoms in total. The highest BCUT2D eigenvalue weighted by molar-refractivity contribution is 5.75. The number of hydrogen-bond acceptors (Lipinski definition) is 4. The number of carboxylic acids is 1. The quantitative estimate of drug-likeness (QED) is 0.539. The molecule has 0 atom stereocenters. The van der Waals surface area contributed by atoms with Crippen LogP contribution >= 0.6 is 0 Å². The maximum Gasteiger partial charge on any atom is 0.309 e. The minimum Gasteiger partial charge on any atom is -0.493 e. The molecule has 0 aliphatic heterocycles. The van der Waals surface area contributed by atoms with Crippen LogP contribution < -0.4 is 4.74 Å². The van der Waals surface area contributed by atoms with E-state index in [9.17, 15) is 9.90 Å². The van der Waals surface area contributed by atoms with E-state index in [-0.39, 0.29) is 0 Å². The summed E-state index contributed by atoms with van der Waals surface area (Å²) >= 11 is 0. The van der Waals surface area contributed by atoms with Crippen LogP contribution in [0.4, 0.5) is 0 Å². The average Bonchev–Trinajstić information content (AvgIpc) is 3.38. The SMILES string of the molecule is Cc1oc(-c2ccccc2)nc1CCOc1ccc(CC2(C(=O)O)CCCC2)cc1. The fourth-order valence-corrected chi connectivity index (χ4v) is 4.24. The van der Waals surface area contributed by atoms with E-state index in [1.807, 2.05) is 61.5 Å². The molecule has 30 heavy (non-hydrogen) atoms. The number of ether oxygens (including phenoxy) is 1. The highest BCUT2D eigenvalue weighted by Gasteiger charge is 2.41. The van der Waals surface area contributed by atoms with Crippen molar-refractivity contribution in [3.63, 3.8) is 0 Å². The van der Waals surface area contributed by atoms with Crippen LogP contribution in [0.5, 0.6) is 5.75 Å². The zero-order chi connectivity index (χ0) is 21.0. The third kappa shape index (κ3) is 4.40. The standard InChI is InChI=1S/C25H27NO4/c1-18-22(26-23(30-18)20-7-3-2-4-8-20)13-16-29-21-11-9-19(10-12-21)17-25(24(27)28)14-5-6-15-25/h2-4,7-12H,5-6,13-17H2,1H3,(H,27,28). The van der Waals surface area contributed by atoms with Crippen LogP contribution in [0.25, 0.3) is 11.5 Å². The molecule has 1 aromatic heterocycles. The molecule has 1 aliphatic rings. The second-order valence-electron chi connectivity index (χ2n) is 8.10. The molecule has 1 heterocycles. The van der Waals surface area contributed by atoms with Gasteiger partial charge in [0.2, 0.25) is 5.89 Å². The van der Waals surface area contributed by atoms with Gasteiger partial charge in [-0.1, -0.05) is 43.2 Å². The minimum absolute atomic E-state index is 0.500. The summed E-state index contributed by atoms with van der Waals surface area (Å²) in [6, 6.07) is 17.7. The summed E-state index contributed by atoms with van der Waals surface area (Å²) in [6.07, 6.45) is 4.78. The van der Waals surface area contributed by atoms with Crippen molar-refractivity contribution < 1.29 is 19.1 Å². The molecule has 2 aromatic carbocycles. The number of hydrogen-bond donors (Lipinski definition) is 1. The predicted octanol–water partition coefficient (Wildman–Crippen LogP) is 5.46. The lowest BCUT2D eigenvalue weighted by Crippen LogP contribution is -2.30. The smallest absolute Gasteiger partial charge is 0.309 e. The van der Waals surface area contributed by atoms with E-state index < -0.39 is 11.4 Å². The Labute approximate surface area is 176 Å². The Morgan fingerprint density at radius 2 is 1.80 bits per heavy atom. The maximum atomic E-state index is 11.8. The highest BCUT2D eigenvalue weighted by atomic mass is 16.5. The Kier molecular flexibility index (Phi) is 5.88. The number of oxazole rings is 1. The molecule has 1 saturated carbocycles. The average molecular weight is 405 g/mol. The van der Waals surface area contributed by atoms with E-state index in [0.717, 1.165) is 54.0 Å². The van der Waals surface area contributed by atoms with Crippen LogP contribution in [-0.2, 0) is 17.6 Å². The molecular formula is C25H27NO4. The Morgan fingerprint density at radius 1 is 1.10 bits per heavy atom. The molecule has 5 heteroatoms. The van der Waals surface area contributed by atoms with Crippen molar-refractivity contribution in [2.24, 2.45) is 5.41 Å². The zero-order valence-electron chi connectivity index (χ0n) is 17.3. The van der Waals surface area contributed by atoms with Gasteiger partial charge in [0.25, 0.3) is 0 Å². The maximum absolute atomic E-state index is 11.8. The summed E-state index contributed by atoms with van der Waals surface area (Å²) in [5.41, 5.74) is 2.31. The van der Waals surface area contributed by atoms with Crippen molar-refractivity contribution in [2.45, 2.75) is 45.4 Å². The first kappa shape index (κ1) is 20.2. The van der Waals surface area contributed by atoms with Crippen LogP contribution in [0.15, 0.2) is 59.0 Å². The molecule has 0 amide bonds. The van der Waals surface area contributed by atoms with E-state index >= 15 is 0 Å². The van der Waals surface area contributed by atoms with E-state index in [0.29, 0.717) is 25.3 Å². The second-order valence-corrected chi connectivity index (χ2v) is 8.10. The first-order valence-electron chi connectivity index (χ1n) is 10.5. The summed E-state index contributed by atoms with van der Waals surface area (Å²) in [5.74, 6) is 1.55. The molecule has 0 saturated heterocycles. The summed E-state index contributed by atoms with van der Waals surface area (Å²) in [5, 5.41) is 9.66. The zero-order valence-corrected chi connectivity index (χ0v) is 17.3. The molecule has 0 radical (unpaired) electrons. The molecular weight excluding hydrogens is 378 g/mol. The number of carbonyl (C=O) groups is 1. The molecule has 0 spiro atoms. The molecule has 1 N–H and O–H groups in total. The van der Waals surface area contributed by atoms with Crippen LogP contribution in [0.3, 0.4) is 0 Å². The third-order valence-corrected chi connectivity index (χ3v) is 6.00. The van der Waals surface area contributed by atoms with Gasteiger partial charge in [-0.15, -0.1) is 0 Å². The normalized spacial score (nSPS) is 15.2. The largest absolute Gasteiger partial charge is 0.493 e. The van der Waals surface area contributed by atoms with Gasteiger partial charge in [-0.25, -0.2) is 4.98 Å². The third-order valence-electron chi connectivity index (χ3n) is 6.00. The molecule has 4 rings (SSSR count). The molecule has 0 bridgehead atoms. The van der Waals surface area contributed by atoms with Crippen molar-refractivity contribution >= 4 is 5.97 Å². The van der Waals surface area contributed by atoms with Gasteiger partial charge in [0.05, 0.1) is 17.7 Å². The van der Waals surface area contributed by atoms with Crippen molar-refractivity contribution in [1.29, 1.82) is 0 Å². The number of aliphatic carboxylic acids is 1. The van der Waals surface area contributed by atoms with Crippen molar-refractivity contribution in [1.82, 2.24) is 4.98 Å². The van der Waals surface area contributed by atoms with Gasteiger partial charge in [0, 0.05) is 12.0 Å². The Morgan fingerprint density at radius 3 is 2.47 bits per heavy atom. The number of nitrogens with zero attached hydrogens (tertiary/aromatic N) is 1. The van der Waals surface area contributed by atoms with Gasteiger partial charge in [0.1, 0.15) is 11.5 Å². The summed E-state index contributed by atoms with van der Waals surface area (Å²) in [4.78, 5) is 16.4. The summed E-state index contributed by atoms with van der Waals surface area (Å²) in [6.45, 7) is 2.42. The van der Waals surface area contributed by atoms with E-state index in [4.69, 9.17) is 9.15 Å². The van der Waals surface area contributed by atoms with E-state index in [1.165, 1.54) is 0 Å². The van der Waals surface area contributed by atoms with E-state index in [2.05, 4.69) is 4.98 Å². The van der Waals surface area contributed by atoms with Crippen LogP contribution in [0, 0.1) is 12.3 Å². The number of aryl methyl sites for hydroxylation is 1. The van der Waals surface area contributed by atoms with Crippen molar-refractivity contribution in [3.05, 3.63) is 71.6 Å².